The van der Waals surface area contributed by atoms with Gasteiger partial charge >= 0.3 is 0 Å². The van der Waals surface area contributed by atoms with E-state index in [4.69, 9.17) is 9.47 Å². The number of benzene rings is 2. The molecule has 0 aliphatic carbocycles. The molecule has 0 spiro atoms. The Bertz CT molecular complexity index is 1150. The molecule has 0 fully saturated rings. The topological polar surface area (TPSA) is 79.6 Å². The van der Waals surface area contributed by atoms with Gasteiger partial charge in [-0.2, -0.15) is 5.26 Å². The second-order valence-corrected chi connectivity index (χ2v) is 7.96. The fourth-order valence-electron chi connectivity index (χ4n) is 3.54. The monoisotopic (exact) mass is 444 g/mol. The van der Waals surface area contributed by atoms with Crippen molar-refractivity contribution in [3.05, 3.63) is 75.9 Å². The van der Waals surface area contributed by atoms with Gasteiger partial charge in [-0.05, 0) is 55.2 Å². The fourth-order valence-corrected chi connectivity index (χ4v) is 3.54. The maximum absolute atomic E-state index is 13.3. The van der Waals surface area contributed by atoms with Crippen LogP contribution in [0.25, 0.3) is 6.08 Å². The van der Waals surface area contributed by atoms with Crippen LogP contribution in [-0.4, -0.2) is 30.4 Å². The molecular weight excluding hydrogens is 416 g/mol. The lowest BCUT2D eigenvalue weighted by molar-refractivity contribution is -0.141. The van der Waals surface area contributed by atoms with E-state index in [9.17, 15) is 14.9 Å². The number of amides is 2. The summed E-state index contributed by atoms with van der Waals surface area (Å²) in [7, 11) is 1.56. The summed E-state index contributed by atoms with van der Waals surface area (Å²) in [5.41, 5.74) is 3.25. The Kier molecular flexibility index (Phi) is 7.68. The number of hydrogen-bond acceptors (Lipinski definition) is 5. The number of unbranched alkanes of at least 4 members (excludes halogenated alkanes) is 1. The van der Waals surface area contributed by atoms with E-state index in [0.29, 0.717) is 34.8 Å². The first-order valence-corrected chi connectivity index (χ1v) is 10.9. The number of imide groups is 1. The molecule has 6 nitrogen and oxygen atoms in total. The van der Waals surface area contributed by atoms with Crippen LogP contribution in [-0.2, 0) is 16.1 Å². The normalized spacial score (nSPS) is 15.1. The van der Waals surface area contributed by atoms with Crippen molar-refractivity contribution in [1.29, 1.82) is 5.26 Å². The summed E-state index contributed by atoms with van der Waals surface area (Å²) in [4.78, 5) is 27.3. The van der Waals surface area contributed by atoms with Crippen molar-refractivity contribution in [3.63, 3.8) is 0 Å². The Morgan fingerprint density at radius 1 is 1.03 bits per heavy atom. The molecule has 6 heteroatoms. The van der Waals surface area contributed by atoms with Gasteiger partial charge in [0.15, 0.2) is 11.5 Å². The molecule has 0 bridgehead atoms. The highest BCUT2D eigenvalue weighted by Crippen LogP contribution is 2.32. The maximum Gasteiger partial charge on any atom is 0.271 e. The lowest BCUT2D eigenvalue weighted by atomic mass is 9.93. The van der Waals surface area contributed by atoms with E-state index in [1.165, 1.54) is 0 Å². The first-order valence-electron chi connectivity index (χ1n) is 10.9. The maximum atomic E-state index is 13.3. The standard InChI is InChI=1S/C27H28N2O4/c1-5-6-13-33-24-12-11-21(15-25(24)32-4)14-22-19(3)23(16-28)27(31)29(26(22)30)17-20-9-7-18(2)8-10-20/h7-12,14-15H,5-6,13,17H2,1-4H3/b22-14+. The third-order valence-electron chi connectivity index (χ3n) is 5.54. The fraction of sp³-hybridized carbons (Fsp3) is 0.296. The quantitative estimate of drug-likeness (QED) is 0.326. The van der Waals surface area contributed by atoms with Gasteiger partial charge in [-0.25, -0.2) is 0 Å². The minimum Gasteiger partial charge on any atom is -0.493 e. The van der Waals surface area contributed by atoms with Crippen LogP contribution in [0.5, 0.6) is 11.5 Å². The van der Waals surface area contributed by atoms with Crippen LogP contribution in [0, 0.1) is 18.3 Å². The minimum absolute atomic E-state index is 0.0283. The van der Waals surface area contributed by atoms with Crippen molar-refractivity contribution in [2.75, 3.05) is 13.7 Å². The molecule has 33 heavy (non-hydrogen) atoms. The predicted octanol–water partition coefficient (Wildman–Crippen LogP) is 4.98. The molecule has 2 aromatic carbocycles. The molecule has 0 radical (unpaired) electrons. The van der Waals surface area contributed by atoms with Crippen molar-refractivity contribution in [1.82, 2.24) is 4.90 Å². The van der Waals surface area contributed by atoms with Gasteiger partial charge in [0.25, 0.3) is 11.8 Å². The molecule has 3 rings (SSSR count). The van der Waals surface area contributed by atoms with Crippen molar-refractivity contribution in [2.45, 2.75) is 40.2 Å². The number of rotatable bonds is 8. The third-order valence-corrected chi connectivity index (χ3v) is 5.54. The van der Waals surface area contributed by atoms with Crippen LogP contribution < -0.4 is 9.47 Å². The van der Waals surface area contributed by atoms with Gasteiger partial charge in [0.1, 0.15) is 11.6 Å². The Morgan fingerprint density at radius 2 is 1.76 bits per heavy atom. The first-order chi connectivity index (χ1) is 15.9. The molecule has 1 heterocycles. The zero-order valence-corrected chi connectivity index (χ0v) is 19.5. The van der Waals surface area contributed by atoms with E-state index in [1.807, 2.05) is 43.3 Å². The summed E-state index contributed by atoms with van der Waals surface area (Å²) in [5, 5.41) is 9.61. The molecule has 0 atom stereocenters. The highest BCUT2D eigenvalue weighted by Gasteiger charge is 2.35. The highest BCUT2D eigenvalue weighted by atomic mass is 16.5. The number of ether oxygens (including phenoxy) is 2. The van der Waals surface area contributed by atoms with Crippen LogP contribution in [0.3, 0.4) is 0 Å². The number of aryl methyl sites for hydroxylation is 1. The van der Waals surface area contributed by atoms with Gasteiger partial charge in [0, 0.05) is 5.57 Å². The second-order valence-electron chi connectivity index (χ2n) is 7.96. The van der Waals surface area contributed by atoms with Crippen LogP contribution in [0.4, 0.5) is 0 Å². The minimum atomic E-state index is -0.574. The number of methoxy groups -OCH3 is 1. The zero-order chi connectivity index (χ0) is 24.0. The average Bonchev–Trinajstić information content (AvgIpc) is 2.82. The summed E-state index contributed by atoms with van der Waals surface area (Å²) in [6.07, 6.45) is 3.65. The Labute approximate surface area is 194 Å². The number of carbonyl (C=O) groups is 2. The molecule has 0 aromatic heterocycles. The van der Waals surface area contributed by atoms with Crippen LogP contribution in [0.2, 0.25) is 0 Å². The number of nitriles is 1. The van der Waals surface area contributed by atoms with Crippen LogP contribution >= 0.6 is 0 Å². The average molecular weight is 445 g/mol. The molecule has 1 aliphatic heterocycles. The number of nitrogens with zero attached hydrogens (tertiary/aromatic N) is 2. The zero-order valence-electron chi connectivity index (χ0n) is 19.5. The van der Waals surface area contributed by atoms with Gasteiger partial charge in [-0.3, -0.25) is 14.5 Å². The first kappa shape index (κ1) is 23.8. The molecule has 0 saturated heterocycles. The van der Waals surface area contributed by atoms with E-state index in [1.54, 1.807) is 32.2 Å². The molecule has 0 N–H and O–H groups in total. The van der Waals surface area contributed by atoms with Crippen molar-refractivity contribution >= 4 is 17.9 Å². The van der Waals surface area contributed by atoms with Gasteiger partial charge in [-0.1, -0.05) is 49.2 Å². The van der Waals surface area contributed by atoms with Gasteiger partial charge in [0.2, 0.25) is 0 Å². The van der Waals surface area contributed by atoms with Crippen molar-refractivity contribution in [3.8, 4) is 17.6 Å². The summed E-state index contributed by atoms with van der Waals surface area (Å²) in [6.45, 7) is 6.38. The summed E-state index contributed by atoms with van der Waals surface area (Å²) >= 11 is 0. The van der Waals surface area contributed by atoms with Crippen LogP contribution in [0.1, 0.15) is 43.4 Å². The Balaban J connectivity index is 1.97. The summed E-state index contributed by atoms with van der Waals surface area (Å²) < 4.78 is 11.2. The SMILES string of the molecule is CCCCOc1ccc(/C=C2/C(=O)N(Cc3ccc(C)cc3)C(=O)C(C#N)=C2C)cc1OC. The van der Waals surface area contributed by atoms with E-state index >= 15 is 0 Å². The molecule has 1 aliphatic rings. The van der Waals surface area contributed by atoms with Crippen molar-refractivity contribution < 1.29 is 19.1 Å². The summed E-state index contributed by atoms with van der Waals surface area (Å²) in [5.74, 6) is 0.178. The Morgan fingerprint density at radius 3 is 2.39 bits per heavy atom. The Hall–Kier alpha value is -3.85. The summed E-state index contributed by atoms with van der Waals surface area (Å²) in [6, 6.07) is 15.0. The molecule has 0 saturated carbocycles. The number of hydrogen-bond donors (Lipinski definition) is 0. The molecule has 170 valence electrons. The van der Waals surface area contributed by atoms with Gasteiger partial charge < -0.3 is 9.47 Å². The third kappa shape index (κ3) is 5.32. The van der Waals surface area contributed by atoms with E-state index in [-0.39, 0.29) is 12.1 Å². The smallest absolute Gasteiger partial charge is 0.271 e. The number of carbonyl (C=O) groups excluding carboxylic acids is 2. The molecule has 2 amide bonds. The van der Waals surface area contributed by atoms with Crippen molar-refractivity contribution in [2.24, 2.45) is 0 Å². The second kappa shape index (κ2) is 10.6. The van der Waals surface area contributed by atoms with Crippen LogP contribution in [0.15, 0.2) is 59.2 Å². The van der Waals surface area contributed by atoms with E-state index in [2.05, 4.69) is 6.92 Å². The largest absolute Gasteiger partial charge is 0.493 e. The lowest BCUT2D eigenvalue weighted by Gasteiger charge is -2.27. The van der Waals surface area contributed by atoms with E-state index < -0.39 is 11.8 Å². The molecule has 0 unspecified atom stereocenters. The molecular formula is C27H28N2O4. The van der Waals surface area contributed by atoms with Gasteiger partial charge in [-0.15, -0.1) is 0 Å². The predicted molar refractivity (Wildman–Crippen MR) is 126 cm³/mol. The highest BCUT2D eigenvalue weighted by molar-refractivity contribution is 6.19. The van der Waals surface area contributed by atoms with Gasteiger partial charge in [0.05, 0.1) is 20.3 Å². The van der Waals surface area contributed by atoms with E-state index in [0.717, 1.165) is 28.9 Å². The lowest BCUT2D eigenvalue weighted by Crippen LogP contribution is -2.42. The molecule has 2 aromatic rings.